The average Bonchev–Trinajstić information content (AvgIpc) is 2.35. The van der Waals surface area contributed by atoms with Gasteiger partial charge < -0.3 is 10.1 Å². The SMILES string of the molecule is CC(C)NCCCS(=O)(=O)NC(C)CN1CCOCC1. The molecule has 0 saturated carbocycles. The molecule has 1 atom stereocenters. The van der Waals surface area contributed by atoms with Crippen LogP contribution in [0.4, 0.5) is 0 Å². The third kappa shape index (κ3) is 8.16. The maximum absolute atomic E-state index is 11.9. The van der Waals surface area contributed by atoms with E-state index in [1.54, 1.807) is 0 Å². The lowest BCUT2D eigenvalue weighted by atomic mass is 10.3. The van der Waals surface area contributed by atoms with E-state index in [1.165, 1.54) is 0 Å². The molecule has 1 heterocycles. The summed E-state index contributed by atoms with van der Waals surface area (Å²) in [5.41, 5.74) is 0. The van der Waals surface area contributed by atoms with Crippen molar-refractivity contribution in [3.8, 4) is 0 Å². The molecule has 6 nitrogen and oxygen atoms in total. The number of sulfonamides is 1. The zero-order chi connectivity index (χ0) is 15.0. The number of hydrogen-bond donors (Lipinski definition) is 2. The predicted octanol–water partition coefficient (Wildman–Crippen LogP) is 0.0146. The molecule has 0 amide bonds. The van der Waals surface area contributed by atoms with Crippen LogP contribution < -0.4 is 10.0 Å². The molecule has 0 aliphatic carbocycles. The Kier molecular flexibility index (Phi) is 7.98. The Morgan fingerprint density at radius 1 is 1.20 bits per heavy atom. The Hall–Kier alpha value is -0.210. The van der Waals surface area contributed by atoms with Gasteiger partial charge in [0.1, 0.15) is 0 Å². The van der Waals surface area contributed by atoms with Gasteiger partial charge in [-0.15, -0.1) is 0 Å². The van der Waals surface area contributed by atoms with Crippen molar-refractivity contribution < 1.29 is 13.2 Å². The molecule has 120 valence electrons. The standard InChI is InChI=1S/C13H29N3O3S/c1-12(2)14-5-4-10-20(17,18)15-13(3)11-16-6-8-19-9-7-16/h12-15H,4-11H2,1-3H3. The molecule has 0 spiro atoms. The highest BCUT2D eigenvalue weighted by atomic mass is 32.2. The molecule has 0 bridgehead atoms. The molecular weight excluding hydrogens is 278 g/mol. The highest BCUT2D eigenvalue weighted by molar-refractivity contribution is 7.89. The van der Waals surface area contributed by atoms with Gasteiger partial charge in [0.25, 0.3) is 0 Å². The van der Waals surface area contributed by atoms with Crippen LogP contribution in [0.2, 0.25) is 0 Å². The quantitative estimate of drug-likeness (QED) is 0.588. The lowest BCUT2D eigenvalue weighted by Crippen LogP contribution is -2.46. The van der Waals surface area contributed by atoms with Gasteiger partial charge in [0.15, 0.2) is 0 Å². The van der Waals surface area contributed by atoms with Crippen molar-refractivity contribution in [3.63, 3.8) is 0 Å². The fourth-order valence-corrected chi connectivity index (χ4v) is 3.56. The number of nitrogens with one attached hydrogen (secondary N) is 2. The van der Waals surface area contributed by atoms with Gasteiger partial charge in [-0.1, -0.05) is 13.8 Å². The third-order valence-corrected chi connectivity index (χ3v) is 4.75. The largest absolute Gasteiger partial charge is 0.379 e. The van der Waals surface area contributed by atoms with Crippen molar-refractivity contribution in [3.05, 3.63) is 0 Å². The Morgan fingerprint density at radius 3 is 2.45 bits per heavy atom. The van der Waals surface area contributed by atoms with Gasteiger partial charge in [-0.05, 0) is 19.9 Å². The number of ether oxygens (including phenoxy) is 1. The molecule has 1 aliphatic rings. The van der Waals surface area contributed by atoms with Gasteiger partial charge in [-0.25, -0.2) is 13.1 Å². The van der Waals surface area contributed by atoms with Crippen LogP contribution in [0.25, 0.3) is 0 Å². The summed E-state index contributed by atoms with van der Waals surface area (Å²) in [6.45, 7) is 10.7. The molecule has 1 rings (SSSR count). The van der Waals surface area contributed by atoms with E-state index >= 15 is 0 Å². The summed E-state index contributed by atoms with van der Waals surface area (Å²) in [4.78, 5) is 2.23. The summed E-state index contributed by atoms with van der Waals surface area (Å²) < 4.78 is 31.9. The molecule has 0 aromatic carbocycles. The van der Waals surface area contributed by atoms with E-state index in [1.807, 2.05) is 6.92 Å². The van der Waals surface area contributed by atoms with E-state index in [2.05, 4.69) is 28.8 Å². The minimum absolute atomic E-state index is 0.0591. The zero-order valence-corrected chi connectivity index (χ0v) is 13.7. The summed E-state index contributed by atoms with van der Waals surface area (Å²) in [6, 6.07) is 0.335. The molecule has 0 aromatic rings. The van der Waals surface area contributed by atoms with Gasteiger partial charge in [0.05, 0.1) is 19.0 Å². The highest BCUT2D eigenvalue weighted by Gasteiger charge is 2.18. The first-order valence-electron chi connectivity index (χ1n) is 7.42. The van der Waals surface area contributed by atoms with E-state index in [4.69, 9.17) is 4.74 Å². The van der Waals surface area contributed by atoms with E-state index in [0.29, 0.717) is 12.5 Å². The first kappa shape index (κ1) is 17.8. The summed E-state index contributed by atoms with van der Waals surface area (Å²) in [6.07, 6.45) is 0.637. The van der Waals surface area contributed by atoms with Crippen LogP contribution in [0, 0.1) is 0 Å². The third-order valence-electron chi connectivity index (χ3n) is 3.16. The molecular formula is C13H29N3O3S. The maximum atomic E-state index is 11.9. The molecule has 0 aromatic heterocycles. The van der Waals surface area contributed by atoms with Crippen LogP contribution in [0.15, 0.2) is 0 Å². The minimum Gasteiger partial charge on any atom is -0.379 e. The smallest absolute Gasteiger partial charge is 0.211 e. The van der Waals surface area contributed by atoms with Crippen molar-refractivity contribution in [2.75, 3.05) is 45.1 Å². The molecule has 1 saturated heterocycles. The second-order valence-corrected chi connectivity index (χ2v) is 7.59. The first-order chi connectivity index (χ1) is 9.39. The van der Waals surface area contributed by atoms with Gasteiger partial charge in [-0.2, -0.15) is 0 Å². The lowest BCUT2D eigenvalue weighted by Gasteiger charge is -2.29. The van der Waals surface area contributed by atoms with E-state index in [-0.39, 0.29) is 11.8 Å². The van der Waals surface area contributed by atoms with Crippen LogP contribution in [0.1, 0.15) is 27.2 Å². The molecule has 20 heavy (non-hydrogen) atoms. The van der Waals surface area contributed by atoms with Crippen LogP contribution in [-0.4, -0.2) is 70.5 Å². The van der Waals surface area contributed by atoms with E-state index < -0.39 is 10.0 Å². The minimum atomic E-state index is -3.18. The lowest BCUT2D eigenvalue weighted by molar-refractivity contribution is 0.0354. The van der Waals surface area contributed by atoms with Gasteiger partial charge in [0, 0.05) is 31.7 Å². The van der Waals surface area contributed by atoms with Crippen molar-refractivity contribution in [2.24, 2.45) is 0 Å². The monoisotopic (exact) mass is 307 g/mol. The average molecular weight is 307 g/mol. The molecule has 1 fully saturated rings. The van der Waals surface area contributed by atoms with E-state index in [9.17, 15) is 8.42 Å². The highest BCUT2D eigenvalue weighted by Crippen LogP contribution is 2.00. The van der Waals surface area contributed by atoms with E-state index in [0.717, 1.165) is 39.4 Å². The topological polar surface area (TPSA) is 70.7 Å². The normalized spacial score (nSPS) is 19.4. The summed E-state index contributed by atoms with van der Waals surface area (Å²) in [5, 5.41) is 3.22. The molecule has 7 heteroatoms. The first-order valence-corrected chi connectivity index (χ1v) is 9.08. The molecule has 0 radical (unpaired) electrons. The van der Waals surface area contributed by atoms with Crippen molar-refractivity contribution >= 4 is 10.0 Å². The second kappa shape index (κ2) is 8.94. The molecule has 1 aliphatic heterocycles. The number of morpholine rings is 1. The van der Waals surface area contributed by atoms with Crippen molar-refractivity contribution in [2.45, 2.75) is 39.3 Å². The van der Waals surface area contributed by atoms with Crippen molar-refractivity contribution in [1.29, 1.82) is 0 Å². The number of hydrogen-bond acceptors (Lipinski definition) is 5. The Morgan fingerprint density at radius 2 is 1.85 bits per heavy atom. The van der Waals surface area contributed by atoms with Crippen molar-refractivity contribution in [1.82, 2.24) is 14.9 Å². The summed E-state index contributed by atoms with van der Waals surface area (Å²) in [5.74, 6) is 0.181. The molecule has 2 N–H and O–H groups in total. The van der Waals surface area contributed by atoms with Gasteiger partial charge in [0.2, 0.25) is 10.0 Å². The Bertz CT molecular complexity index is 354. The van der Waals surface area contributed by atoms with Crippen LogP contribution >= 0.6 is 0 Å². The van der Waals surface area contributed by atoms with Gasteiger partial charge in [-0.3, -0.25) is 4.90 Å². The zero-order valence-electron chi connectivity index (χ0n) is 12.9. The predicted molar refractivity (Wildman–Crippen MR) is 81.4 cm³/mol. The number of nitrogens with zero attached hydrogens (tertiary/aromatic N) is 1. The number of rotatable bonds is 9. The van der Waals surface area contributed by atoms with Crippen LogP contribution in [-0.2, 0) is 14.8 Å². The fraction of sp³-hybridized carbons (Fsp3) is 1.00. The molecule has 1 unspecified atom stereocenters. The van der Waals surface area contributed by atoms with Crippen LogP contribution in [0.3, 0.4) is 0 Å². The summed E-state index contributed by atoms with van der Waals surface area (Å²) in [7, 11) is -3.18. The second-order valence-electron chi connectivity index (χ2n) is 5.71. The van der Waals surface area contributed by atoms with Crippen LogP contribution in [0.5, 0.6) is 0 Å². The van der Waals surface area contributed by atoms with Gasteiger partial charge >= 0.3 is 0 Å². The summed E-state index contributed by atoms with van der Waals surface area (Å²) >= 11 is 0. The Balaban J connectivity index is 2.22. The maximum Gasteiger partial charge on any atom is 0.211 e. The fourth-order valence-electron chi connectivity index (χ4n) is 2.23. The Labute approximate surface area is 123 Å².